The topological polar surface area (TPSA) is 81.9 Å². The highest BCUT2D eigenvalue weighted by molar-refractivity contribution is 6.31. The van der Waals surface area contributed by atoms with E-state index in [1.165, 1.54) is 30.0 Å². The highest BCUT2D eigenvalue weighted by Gasteiger charge is 2.37. The second-order valence-electron chi connectivity index (χ2n) is 4.64. The molecule has 7 nitrogen and oxygen atoms in total. The van der Waals surface area contributed by atoms with E-state index in [1.807, 2.05) is 0 Å². The van der Waals surface area contributed by atoms with Gasteiger partial charge in [-0.25, -0.2) is 9.18 Å². The summed E-state index contributed by atoms with van der Waals surface area (Å²) in [7, 11) is 1.25. The maximum absolute atomic E-state index is 14.3. The van der Waals surface area contributed by atoms with E-state index >= 15 is 0 Å². The number of aromatic nitrogens is 4. The Morgan fingerprint density at radius 1 is 1.50 bits per heavy atom. The number of anilines is 1. The van der Waals surface area contributed by atoms with Gasteiger partial charge in [0.25, 0.3) is 0 Å². The van der Waals surface area contributed by atoms with E-state index in [1.54, 1.807) is 6.92 Å². The molecule has 0 saturated carbocycles. The number of nitrogens with zero attached hydrogens (tertiary/aromatic N) is 4. The van der Waals surface area contributed by atoms with Crippen LogP contribution < -0.4 is 5.32 Å². The van der Waals surface area contributed by atoms with Crippen molar-refractivity contribution < 1.29 is 13.9 Å². The zero-order valence-electron chi connectivity index (χ0n) is 11.7. The van der Waals surface area contributed by atoms with Crippen molar-refractivity contribution in [1.29, 1.82) is 0 Å². The molecular formula is C13H11ClFN5O2. The lowest BCUT2D eigenvalue weighted by molar-refractivity contribution is -0.136. The first-order chi connectivity index (χ1) is 10.5. The molecule has 0 amide bonds. The van der Waals surface area contributed by atoms with Crippen LogP contribution in [0.15, 0.2) is 29.5 Å². The molecule has 9 heteroatoms. The SMILES string of the molecule is COC(=O)C1=C(C)Nc2nnnn2C1c1c(F)cccc1Cl. The van der Waals surface area contributed by atoms with Crippen LogP contribution in [-0.4, -0.2) is 33.3 Å². The Morgan fingerprint density at radius 2 is 2.27 bits per heavy atom. The second-order valence-corrected chi connectivity index (χ2v) is 5.05. The van der Waals surface area contributed by atoms with Crippen molar-refractivity contribution >= 4 is 23.5 Å². The number of allylic oxidation sites excluding steroid dienone is 1. The molecule has 1 aliphatic heterocycles. The molecule has 3 rings (SSSR count). The Labute approximate surface area is 129 Å². The summed E-state index contributed by atoms with van der Waals surface area (Å²) in [6, 6.07) is 3.37. The zero-order chi connectivity index (χ0) is 15.9. The van der Waals surface area contributed by atoms with Crippen LogP contribution in [-0.2, 0) is 9.53 Å². The van der Waals surface area contributed by atoms with Gasteiger partial charge in [0, 0.05) is 16.3 Å². The molecule has 1 atom stereocenters. The summed E-state index contributed by atoms with van der Waals surface area (Å²) in [5.41, 5.74) is 0.770. The summed E-state index contributed by atoms with van der Waals surface area (Å²) >= 11 is 6.14. The van der Waals surface area contributed by atoms with Crippen molar-refractivity contribution in [3.63, 3.8) is 0 Å². The van der Waals surface area contributed by atoms with E-state index in [0.717, 1.165) is 0 Å². The number of esters is 1. The molecule has 0 bridgehead atoms. The van der Waals surface area contributed by atoms with Gasteiger partial charge in [0.1, 0.15) is 11.9 Å². The minimum atomic E-state index is -0.910. The van der Waals surface area contributed by atoms with Gasteiger partial charge in [0.15, 0.2) is 0 Å². The van der Waals surface area contributed by atoms with Crippen LogP contribution in [0.25, 0.3) is 0 Å². The summed E-state index contributed by atoms with van der Waals surface area (Å²) in [4.78, 5) is 12.1. The van der Waals surface area contributed by atoms with Gasteiger partial charge in [-0.05, 0) is 29.5 Å². The molecule has 114 valence electrons. The van der Waals surface area contributed by atoms with Gasteiger partial charge in [-0.1, -0.05) is 22.8 Å². The lowest BCUT2D eigenvalue weighted by atomic mass is 9.95. The first-order valence-corrected chi connectivity index (χ1v) is 6.70. The fourth-order valence-corrected chi connectivity index (χ4v) is 2.69. The molecule has 1 aromatic heterocycles. The van der Waals surface area contributed by atoms with E-state index < -0.39 is 17.8 Å². The number of hydrogen-bond donors (Lipinski definition) is 1. The molecule has 0 saturated heterocycles. The second kappa shape index (κ2) is 5.38. The number of tetrazole rings is 1. The number of halogens is 2. The summed E-state index contributed by atoms with van der Waals surface area (Å²) in [5, 5.41) is 14.2. The van der Waals surface area contributed by atoms with Gasteiger partial charge >= 0.3 is 5.97 Å². The number of methoxy groups -OCH3 is 1. The monoisotopic (exact) mass is 323 g/mol. The minimum Gasteiger partial charge on any atom is -0.466 e. The van der Waals surface area contributed by atoms with Crippen LogP contribution in [0.2, 0.25) is 5.02 Å². The number of nitrogens with one attached hydrogen (secondary N) is 1. The zero-order valence-corrected chi connectivity index (χ0v) is 12.4. The molecule has 0 spiro atoms. The summed E-state index contributed by atoms with van der Waals surface area (Å²) in [6.07, 6.45) is 0. The maximum atomic E-state index is 14.3. The highest BCUT2D eigenvalue weighted by Crippen LogP contribution is 2.38. The van der Waals surface area contributed by atoms with Gasteiger partial charge in [-0.2, -0.15) is 4.68 Å². The van der Waals surface area contributed by atoms with Crippen LogP contribution in [0.1, 0.15) is 18.5 Å². The number of hydrogen-bond acceptors (Lipinski definition) is 6. The third kappa shape index (κ3) is 2.12. The van der Waals surface area contributed by atoms with Gasteiger partial charge < -0.3 is 10.1 Å². The molecule has 1 aliphatic rings. The summed E-state index contributed by atoms with van der Waals surface area (Å²) in [5.74, 6) is -0.889. The van der Waals surface area contributed by atoms with Crippen LogP contribution in [0, 0.1) is 5.82 Å². The number of carbonyl (C=O) groups excluding carboxylic acids is 1. The van der Waals surface area contributed by atoms with Crippen LogP contribution >= 0.6 is 11.6 Å². The Balaban J connectivity index is 2.28. The first kappa shape index (κ1) is 14.5. The molecule has 1 aromatic carbocycles. The number of ether oxygens (including phenoxy) is 1. The molecule has 22 heavy (non-hydrogen) atoms. The lowest BCUT2D eigenvalue weighted by Gasteiger charge is -2.27. The lowest BCUT2D eigenvalue weighted by Crippen LogP contribution is -2.30. The molecule has 2 aromatic rings. The molecule has 0 fully saturated rings. The normalized spacial score (nSPS) is 17.0. The van der Waals surface area contributed by atoms with Crippen LogP contribution in [0.4, 0.5) is 10.3 Å². The summed E-state index contributed by atoms with van der Waals surface area (Å²) in [6.45, 7) is 1.66. The van der Waals surface area contributed by atoms with Gasteiger partial charge in [-0.15, -0.1) is 0 Å². The van der Waals surface area contributed by atoms with Crippen LogP contribution in [0.3, 0.4) is 0 Å². The number of fused-ring (bicyclic) bond motifs is 1. The molecule has 0 radical (unpaired) electrons. The molecule has 0 aliphatic carbocycles. The summed E-state index contributed by atoms with van der Waals surface area (Å²) < 4.78 is 20.4. The molecule has 2 heterocycles. The van der Waals surface area contributed by atoms with Crippen molar-refractivity contribution in [1.82, 2.24) is 20.2 Å². The Kier molecular flexibility index (Phi) is 3.53. The van der Waals surface area contributed by atoms with Crippen molar-refractivity contribution in [2.75, 3.05) is 12.4 Å². The molecule has 1 unspecified atom stereocenters. The van der Waals surface area contributed by atoms with Gasteiger partial charge in [0.05, 0.1) is 12.7 Å². The van der Waals surface area contributed by atoms with Crippen molar-refractivity contribution in [3.8, 4) is 0 Å². The number of carbonyl (C=O) groups is 1. The fraction of sp³-hybridized carbons (Fsp3) is 0.231. The molecular weight excluding hydrogens is 313 g/mol. The standard InChI is InChI=1S/C13H11ClFN5O2/c1-6-9(12(21)22-2)11(20-13(16-6)17-18-19-20)10-7(14)4-3-5-8(10)15/h3-5,11H,1-2H3,(H,16,17,19). The average Bonchev–Trinajstić information content (AvgIpc) is 2.94. The third-order valence-electron chi connectivity index (χ3n) is 3.39. The van der Waals surface area contributed by atoms with Crippen molar-refractivity contribution in [2.45, 2.75) is 13.0 Å². The van der Waals surface area contributed by atoms with E-state index in [4.69, 9.17) is 16.3 Å². The smallest absolute Gasteiger partial charge is 0.338 e. The Bertz CT molecular complexity index is 768. The number of rotatable bonds is 2. The van der Waals surface area contributed by atoms with E-state index in [2.05, 4.69) is 20.8 Å². The van der Waals surface area contributed by atoms with Crippen LogP contribution in [0.5, 0.6) is 0 Å². The third-order valence-corrected chi connectivity index (χ3v) is 3.72. The Morgan fingerprint density at radius 3 is 2.95 bits per heavy atom. The average molecular weight is 324 g/mol. The fourth-order valence-electron chi connectivity index (χ4n) is 2.43. The predicted octanol–water partition coefficient (Wildman–Crippen LogP) is 1.93. The maximum Gasteiger partial charge on any atom is 0.338 e. The van der Waals surface area contributed by atoms with E-state index in [-0.39, 0.29) is 22.1 Å². The van der Waals surface area contributed by atoms with Gasteiger partial charge in [0.2, 0.25) is 5.95 Å². The van der Waals surface area contributed by atoms with E-state index in [0.29, 0.717) is 5.70 Å². The first-order valence-electron chi connectivity index (χ1n) is 6.32. The Hall–Kier alpha value is -2.48. The van der Waals surface area contributed by atoms with Crippen molar-refractivity contribution in [2.24, 2.45) is 0 Å². The molecule has 1 N–H and O–H groups in total. The largest absolute Gasteiger partial charge is 0.466 e. The quantitative estimate of drug-likeness (QED) is 0.850. The minimum absolute atomic E-state index is 0.110. The van der Waals surface area contributed by atoms with Gasteiger partial charge in [-0.3, -0.25) is 0 Å². The predicted molar refractivity (Wildman–Crippen MR) is 75.7 cm³/mol. The van der Waals surface area contributed by atoms with E-state index in [9.17, 15) is 9.18 Å². The number of benzene rings is 1. The van der Waals surface area contributed by atoms with Crippen molar-refractivity contribution in [3.05, 3.63) is 45.9 Å². The highest BCUT2D eigenvalue weighted by atomic mass is 35.5.